The van der Waals surface area contributed by atoms with Crippen LogP contribution in [0.15, 0.2) is 0 Å². The summed E-state index contributed by atoms with van der Waals surface area (Å²) in [5.41, 5.74) is -0.526. The van der Waals surface area contributed by atoms with Crippen LogP contribution in [0, 0.1) is 11.8 Å². The van der Waals surface area contributed by atoms with Gasteiger partial charge in [0.15, 0.2) is 0 Å². The van der Waals surface area contributed by atoms with E-state index in [0.29, 0.717) is 37.1 Å². The van der Waals surface area contributed by atoms with Crippen LogP contribution in [-0.2, 0) is 0 Å². The zero-order chi connectivity index (χ0) is 29.4. The Kier molecular flexibility index (Phi) is 28.8. The van der Waals surface area contributed by atoms with Gasteiger partial charge in [0.2, 0.25) is 6.43 Å². The first-order valence-electron chi connectivity index (χ1n) is 14.9. The molecule has 0 aromatic carbocycles. The van der Waals surface area contributed by atoms with Crippen LogP contribution in [0.2, 0.25) is 0 Å². The average molecular weight is 539 g/mol. The summed E-state index contributed by atoms with van der Waals surface area (Å²) in [5.74, 6) is 1.86. The maximum atomic E-state index is 11.5. The van der Waals surface area contributed by atoms with Gasteiger partial charge in [-0.25, -0.2) is 8.78 Å². The molecule has 0 aromatic heterocycles. The number of nitrogens with one attached hydrogen (secondary N) is 4. The third kappa shape index (κ3) is 52.8. The van der Waals surface area contributed by atoms with E-state index >= 15 is 0 Å². The fourth-order valence-electron chi connectivity index (χ4n) is 2.70. The van der Waals surface area contributed by atoms with Gasteiger partial charge < -0.3 is 26.4 Å². The van der Waals surface area contributed by atoms with Crippen LogP contribution < -0.4 is 21.3 Å². The lowest BCUT2D eigenvalue weighted by molar-refractivity contribution is 0.0707. The molecule has 0 aliphatic heterocycles. The second-order valence-corrected chi connectivity index (χ2v) is 12.6. The summed E-state index contributed by atoms with van der Waals surface area (Å²) >= 11 is 0. The minimum Gasteiger partial charge on any atom is -0.390 e. The number of hydrogen-bond donors (Lipinski definition) is 5. The van der Waals surface area contributed by atoms with Crippen molar-refractivity contribution < 1.29 is 13.9 Å². The van der Waals surface area contributed by atoms with E-state index in [1.807, 2.05) is 27.7 Å². The van der Waals surface area contributed by atoms with Crippen LogP contribution in [-0.4, -0.2) is 67.5 Å². The molecule has 5 N–H and O–H groups in total. The summed E-state index contributed by atoms with van der Waals surface area (Å²) in [5, 5.41) is 22.4. The molecule has 1 fully saturated rings. The van der Waals surface area contributed by atoms with Crippen molar-refractivity contribution in [3.63, 3.8) is 0 Å². The normalized spacial score (nSPS) is 13.5. The van der Waals surface area contributed by atoms with Crippen molar-refractivity contribution in [1.29, 1.82) is 0 Å². The lowest BCUT2D eigenvalue weighted by Gasteiger charge is -2.17. The van der Waals surface area contributed by atoms with Crippen molar-refractivity contribution >= 4 is 0 Å². The highest BCUT2D eigenvalue weighted by molar-refractivity contribution is 4.75. The van der Waals surface area contributed by atoms with Crippen molar-refractivity contribution in [2.45, 2.75) is 158 Å². The van der Waals surface area contributed by atoms with E-state index in [0.717, 1.165) is 31.3 Å². The van der Waals surface area contributed by atoms with E-state index in [1.165, 1.54) is 25.8 Å². The van der Waals surface area contributed by atoms with E-state index in [4.69, 9.17) is 0 Å². The van der Waals surface area contributed by atoms with Gasteiger partial charge >= 0.3 is 0 Å². The summed E-state index contributed by atoms with van der Waals surface area (Å²) in [7, 11) is 0. The molecule has 1 aliphatic carbocycles. The van der Waals surface area contributed by atoms with Crippen molar-refractivity contribution in [2.24, 2.45) is 11.8 Å². The van der Waals surface area contributed by atoms with Gasteiger partial charge in [-0.2, -0.15) is 0 Å². The molecule has 0 aromatic rings. The molecule has 0 radical (unpaired) electrons. The minimum atomic E-state index is -2.14. The monoisotopic (exact) mass is 539 g/mol. The first-order chi connectivity index (χ1) is 17.0. The fourth-order valence-corrected chi connectivity index (χ4v) is 2.70. The van der Waals surface area contributed by atoms with E-state index in [9.17, 15) is 13.9 Å². The van der Waals surface area contributed by atoms with Crippen molar-refractivity contribution in [3.05, 3.63) is 0 Å². The van der Waals surface area contributed by atoms with Crippen LogP contribution in [0.3, 0.4) is 0 Å². The van der Waals surface area contributed by atoms with Gasteiger partial charge in [0.25, 0.3) is 0 Å². The van der Waals surface area contributed by atoms with Gasteiger partial charge in [-0.1, -0.05) is 69.2 Å². The summed E-state index contributed by atoms with van der Waals surface area (Å²) in [6, 6.07) is 2.24. The molecule has 0 bridgehead atoms. The topological polar surface area (TPSA) is 68.3 Å². The SMILES string of the molecule is CC(C)CCNC(C)C.CC(C)NCC1CC1.CC(C)NCCC(C)(C)O.CC(C)NCCCC(F)F. The summed E-state index contributed by atoms with van der Waals surface area (Å²) in [6.07, 6.45) is 3.45. The second kappa shape index (κ2) is 25.9. The average Bonchev–Trinajstić information content (AvgIpc) is 3.54. The van der Waals surface area contributed by atoms with Gasteiger partial charge in [0.1, 0.15) is 0 Å². The largest absolute Gasteiger partial charge is 0.390 e. The summed E-state index contributed by atoms with van der Waals surface area (Å²) < 4.78 is 23.1. The van der Waals surface area contributed by atoms with Crippen LogP contribution in [0.1, 0.15) is 122 Å². The van der Waals surface area contributed by atoms with E-state index < -0.39 is 12.0 Å². The lowest BCUT2D eigenvalue weighted by atomic mass is 10.1. The van der Waals surface area contributed by atoms with E-state index in [2.05, 4.69) is 76.7 Å². The highest BCUT2D eigenvalue weighted by Gasteiger charge is 2.20. The second-order valence-electron chi connectivity index (χ2n) is 12.6. The number of hydrogen-bond acceptors (Lipinski definition) is 5. The van der Waals surface area contributed by atoms with Crippen LogP contribution in [0.5, 0.6) is 0 Å². The standard InChI is InChI=1S/C8H19NO.C8H19N.C7H15F2N.C7H15N/c1-7(2)9-6-5-8(3,4)10;1-7(2)5-6-9-8(3)4;1-6(2)10-5-3-4-7(8)9;1-6(2)8-5-7-3-4-7/h7,9-10H,5-6H2,1-4H3;7-9H,5-6H2,1-4H3;6-7,10H,3-5H2,1-2H3;6-8H,3-5H2,1-2H3. The van der Waals surface area contributed by atoms with Crippen molar-refractivity contribution in [1.82, 2.24) is 21.3 Å². The molecule has 5 nitrogen and oxygen atoms in total. The molecule has 0 saturated heterocycles. The highest BCUT2D eigenvalue weighted by atomic mass is 19.3. The molecule has 0 spiro atoms. The zero-order valence-corrected chi connectivity index (χ0v) is 26.8. The molecule has 228 valence electrons. The Morgan fingerprint density at radius 3 is 1.46 bits per heavy atom. The molecular formula is C30H68F2N4O. The Morgan fingerprint density at radius 1 is 0.676 bits per heavy atom. The first-order valence-corrected chi connectivity index (χ1v) is 14.9. The number of aliphatic hydroxyl groups is 1. The molecule has 7 heteroatoms. The van der Waals surface area contributed by atoms with E-state index in [-0.39, 0.29) is 6.42 Å². The third-order valence-corrected chi connectivity index (χ3v) is 5.23. The Morgan fingerprint density at radius 2 is 1.11 bits per heavy atom. The minimum absolute atomic E-state index is 0.0136. The predicted octanol–water partition coefficient (Wildman–Crippen LogP) is 6.60. The Balaban J connectivity index is -0.000000418. The van der Waals surface area contributed by atoms with Crippen LogP contribution in [0.25, 0.3) is 0 Å². The molecule has 0 heterocycles. The first kappa shape index (κ1) is 41.1. The zero-order valence-electron chi connectivity index (χ0n) is 26.8. The molecule has 37 heavy (non-hydrogen) atoms. The maximum Gasteiger partial charge on any atom is 0.238 e. The molecule has 1 aliphatic rings. The van der Waals surface area contributed by atoms with Gasteiger partial charge in [-0.15, -0.1) is 0 Å². The van der Waals surface area contributed by atoms with Gasteiger partial charge in [-0.3, -0.25) is 0 Å². The van der Waals surface area contributed by atoms with Gasteiger partial charge in [0, 0.05) is 30.6 Å². The molecule has 0 atom stereocenters. The smallest absolute Gasteiger partial charge is 0.238 e. The van der Waals surface area contributed by atoms with Gasteiger partial charge in [-0.05, 0) is 84.0 Å². The van der Waals surface area contributed by atoms with Crippen LogP contribution >= 0.6 is 0 Å². The van der Waals surface area contributed by atoms with Gasteiger partial charge in [0.05, 0.1) is 5.60 Å². The highest BCUT2D eigenvalue weighted by Crippen LogP contribution is 2.27. The predicted molar refractivity (Wildman–Crippen MR) is 161 cm³/mol. The quantitative estimate of drug-likeness (QED) is 0.143. The maximum absolute atomic E-state index is 11.5. The fraction of sp³-hybridized carbons (Fsp3) is 1.00. The number of rotatable bonds is 16. The molecule has 1 saturated carbocycles. The van der Waals surface area contributed by atoms with E-state index in [1.54, 1.807) is 0 Å². The number of alkyl halides is 2. The van der Waals surface area contributed by atoms with Crippen molar-refractivity contribution in [3.8, 4) is 0 Å². The lowest BCUT2D eigenvalue weighted by Crippen LogP contribution is -2.30. The molecule has 0 amide bonds. The Hall–Kier alpha value is -0.340. The van der Waals surface area contributed by atoms with Crippen LogP contribution in [0.4, 0.5) is 8.78 Å². The molecular weight excluding hydrogens is 470 g/mol. The third-order valence-electron chi connectivity index (χ3n) is 5.23. The Labute approximate surface area is 231 Å². The number of halogens is 2. The Bertz CT molecular complexity index is 429. The van der Waals surface area contributed by atoms with Crippen molar-refractivity contribution in [2.75, 3.05) is 26.2 Å². The molecule has 0 unspecified atom stereocenters. The summed E-state index contributed by atoms with van der Waals surface area (Å²) in [4.78, 5) is 0. The summed E-state index contributed by atoms with van der Waals surface area (Å²) in [6.45, 7) is 29.1. The molecule has 1 rings (SSSR count).